The molecule has 1 saturated heterocycles. The normalized spacial score (nSPS) is 21.1. The number of para-hydroxylation sites is 1. The Labute approximate surface area is 233 Å². The van der Waals surface area contributed by atoms with Gasteiger partial charge in [-0.15, -0.1) is 5.10 Å². The van der Waals surface area contributed by atoms with Crippen LogP contribution in [0, 0.1) is 24.5 Å². The maximum Gasteiger partial charge on any atom is 0.320 e. The number of carbonyl (C=O) groups is 1. The number of nitrogens with one attached hydrogen (secondary N) is 2. The van der Waals surface area contributed by atoms with E-state index >= 15 is 0 Å². The highest BCUT2D eigenvalue weighted by Crippen LogP contribution is 2.42. The van der Waals surface area contributed by atoms with Crippen LogP contribution >= 0.6 is 0 Å². The van der Waals surface area contributed by atoms with Crippen LogP contribution in [-0.2, 0) is 5.41 Å². The number of hydrogen-bond donors (Lipinski definition) is 3. The maximum atomic E-state index is 14.3. The third-order valence-corrected chi connectivity index (χ3v) is 8.15. The van der Waals surface area contributed by atoms with Crippen molar-refractivity contribution in [3.8, 4) is 11.6 Å². The molecule has 2 aromatic carbocycles. The van der Waals surface area contributed by atoms with E-state index in [1.165, 1.54) is 0 Å². The summed E-state index contributed by atoms with van der Waals surface area (Å²) in [6.45, 7) is 8.15. The Morgan fingerprint density at radius 3 is 2.52 bits per heavy atom. The van der Waals surface area contributed by atoms with Crippen LogP contribution in [0.3, 0.4) is 0 Å². The predicted molar refractivity (Wildman–Crippen MR) is 149 cm³/mol. The molecule has 3 N–H and O–H groups in total. The number of ether oxygens (including phenoxy) is 1. The molecule has 10 heteroatoms. The molecule has 40 heavy (non-hydrogen) atoms. The van der Waals surface area contributed by atoms with E-state index in [1.54, 1.807) is 4.68 Å². The second-order valence-corrected chi connectivity index (χ2v) is 11.7. The van der Waals surface area contributed by atoms with E-state index in [-0.39, 0.29) is 6.42 Å². The second kappa shape index (κ2) is 11.2. The van der Waals surface area contributed by atoms with Crippen LogP contribution in [0.4, 0.5) is 19.4 Å². The molecular formula is C30H37F2N5O3. The van der Waals surface area contributed by atoms with E-state index in [0.717, 1.165) is 43.8 Å². The number of amides is 2. The first kappa shape index (κ1) is 28.0. The lowest BCUT2D eigenvalue weighted by molar-refractivity contribution is 0.0878. The molecule has 3 aromatic rings. The van der Waals surface area contributed by atoms with E-state index in [2.05, 4.69) is 27.7 Å². The van der Waals surface area contributed by atoms with E-state index in [4.69, 9.17) is 4.74 Å². The van der Waals surface area contributed by atoms with Gasteiger partial charge in [-0.1, -0.05) is 32.0 Å². The molecule has 0 saturated carbocycles. The average Bonchev–Trinajstić information content (AvgIpc) is 3.22. The summed E-state index contributed by atoms with van der Waals surface area (Å²) in [7, 11) is 2.12. The number of rotatable bonds is 6. The topological polar surface area (TPSA) is 91.7 Å². The van der Waals surface area contributed by atoms with Crippen molar-refractivity contribution in [2.75, 3.05) is 32.1 Å². The lowest BCUT2D eigenvalue weighted by Gasteiger charge is -2.40. The summed E-state index contributed by atoms with van der Waals surface area (Å²) in [4.78, 5) is 15.6. The van der Waals surface area contributed by atoms with Crippen LogP contribution in [0.1, 0.15) is 55.8 Å². The second-order valence-electron chi connectivity index (χ2n) is 11.7. The number of aliphatic hydroxyl groups excluding tert-OH is 1. The number of aliphatic hydroxyl groups is 1. The zero-order chi connectivity index (χ0) is 28.6. The van der Waals surface area contributed by atoms with E-state index in [9.17, 15) is 18.7 Å². The maximum absolute atomic E-state index is 14.3. The van der Waals surface area contributed by atoms with Crippen LogP contribution in [-0.4, -0.2) is 58.7 Å². The molecular weight excluding hydrogens is 516 g/mol. The fourth-order valence-electron chi connectivity index (χ4n) is 5.76. The van der Waals surface area contributed by atoms with E-state index in [1.807, 2.05) is 51.1 Å². The van der Waals surface area contributed by atoms with Gasteiger partial charge in [0.15, 0.2) is 11.6 Å². The zero-order valence-corrected chi connectivity index (χ0v) is 23.4. The number of nitrogens with zero attached hydrogens (tertiary/aromatic N) is 3. The van der Waals surface area contributed by atoms with Gasteiger partial charge >= 0.3 is 6.03 Å². The van der Waals surface area contributed by atoms with Gasteiger partial charge in [-0.05, 0) is 93.0 Å². The molecule has 0 radical (unpaired) electrons. The van der Waals surface area contributed by atoms with Gasteiger partial charge in [0.1, 0.15) is 5.82 Å². The molecule has 8 nitrogen and oxygen atoms in total. The van der Waals surface area contributed by atoms with Gasteiger partial charge < -0.3 is 20.1 Å². The molecule has 1 aliphatic heterocycles. The molecule has 1 aliphatic carbocycles. The smallest absolute Gasteiger partial charge is 0.320 e. The highest BCUT2D eigenvalue weighted by atomic mass is 19.2. The summed E-state index contributed by atoms with van der Waals surface area (Å²) in [5.41, 5.74) is 1.70. The first-order chi connectivity index (χ1) is 19.0. The van der Waals surface area contributed by atoms with Gasteiger partial charge in [-0.2, -0.15) is 0 Å². The fraction of sp³-hybridized carbons (Fsp3) is 0.467. The summed E-state index contributed by atoms with van der Waals surface area (Å²) in [5.74, 6) is -0.708. The number of benzene rings is 2. The van der Waals surface area contributed by atoms with Crippen molar-refractivity contribution in [2.45, 2.75) is 57.6 Å². The van der Waals surface area contributed by atoms with Crippen LogP contribution in [0.5, 0.6) is 5.88 Å². The average molecular weight is 554 g/mol. The zero-order valence-electron chi connectivity index (χ0n) is 23.4. The van der Waals surface area contributed by atoms with Crippen LogP contribution in [0.2, 0.25) is 0 Å². The van der Waals surface area contributed by atoms with Crippen molar-refractivity contribution in [1.29, 1.82) is 0 Å². The number of anilines is 1. The van der Waals surface area contributed by atoms with Crippen molar-refractivity contribution in [3.63, 3.8) is 0 Å². The Balaban J connectivity index is 1.39. The van der Waals surface area contributed by atoms with Gasteiger partial charge in [0, 0.05) is 0 Å². The first-order valence-corrected chi connectivity index (χ1v) is 13.7. The molecule has 0 spiro atoms. The minimum atomic E-state index is -1.03. The third kappa shape index (κ3) is 5.69. The summed E-state index contributed by atoms with van der Waals surface area (Å²) < 4.78 is 36.1. The third-order valence-electron chi connectivity index (χ3n) is 8.15. The number of carbonyl (C=O) groups excluding carboxylic acids is 1. The SMILES string of the molecule is Cc1c(OCC2CCN(C)CC2)nn(-c2ccccc2)c1NC(=O)NC1c2cc(F)c(F)cc2C(C)(C)CC1O. The summed E-state index contributed by atoms with van der Waals surface area (Å²) in [6.07, 6.45) is 1.38. The van der Waals surface area contributed by atoms with Gasteiger partial charge in [-0.3, -0.25) is 5.32 Å². The molecule has 2 amide bonds. The molecule has 0 bridgehead atoms. The van der Waals surface area contributed by atoms with Crippen LogP contribution in [0.25, 0.3) is 5.69 Å². The largest absolute Gasteiger partial charge is 0.476 e. The number of urea groups is 1. The molecule has 2 heterocycles. The fourth-order valence-corrected chi connectivity index (χ4v) is 5.76. The summed E-state index contributed by atoms with van der Waals surface area (Å²) in [6, 6.07) is 10.1. The van der Waals surface area contributed by atoms with Gasteiger partial charge in [0.05, 0.1) is 30.0 Å². The number of piperidine rings is 1. The lowest BCUT2D eigenvalue weighted by atomic mass is 9.69. The van der Waals surface area contributed by atoms with E-state index in [0.29, 0.717) is 40.9 Å². The van der Waals surface area contributed by atoms with Gasteiger partial charge in [0.2, 0.25) is 5.88 Å². The number of hydrogen-bond acceptors (Lipinski definition) is 5. The molecule has 2 atom stereocenters. The summed E-state index contributed by atoms with van der Waals surface area (Å²) in [5, 5.41) is 21.3. The summed E-state index contributed by atoms with van der Waals surface area (Å²) >= 11 is 0. The first-order valence-electron chi connectivity index (χ1n) is 13.7. The Kier molecular flexibility index (Phi) is 7.83. The highest BCUT2D eigenvalue weighted by Gasteiger charge is 2.40. The van der Waals surface area contributed by atoms with E-state index < -0.39 is 35.2 Å². The van der Waals surface area contributed by atoms with Crippen molar-refractivity contribution < 1.29 is 23.4 Å². The monoisotopic (exact) mass is 553 g/mol. The van der Waals surface area contributed by atoms with Gasteiger partial charge in [0.25, 0.3) is 0 Å². The quantitative estimate of drug-likeness (QED) is 0.396. The number of likely N-dealkylation sites (tertiary alicyclic amines) is 1. The number of halogens is 2. The molecule has 1 aromatic heterocycles. The number of aromatic nitrogens is 2. The Morgan fingerprint density at radius 1 is 1.15 bits per heavy atom. The predicted octanol–water partition coefficient (Wildman–Crippen LogP) is 5.08. The Hall–Kier alpha value is -3.50. The van der Waals surface area contributed by atoms with Crippen LogP contribution in [0.15, 0.2) is 42.5 Å². The van der Waals surface area contributed by atoms with Crippen LogP contribution < -0.4 is 15.4 Å². The minimum Gasteiger partial charge on any atom is -0.476 e. The van der Waals surface area contributed by atoms with Crippen molar-refractivity contribution in [1.82, 2.24) is 20.0 Å². The Bertz CT molecular complexity index is 1370. The van der Waals surface area contributed by atoms with Gasteiger partial charge in [-0.25, -0.2) is 18.3 Å². The highest BCUT2D eigenvalue weighted by molar-refractivity contribution is 5.90. The minimum absolute atomic E-state index is 0.270. The van der Waals surface area contributed by atoms with Crippen molar-refractivity contribution >= 4 is 11.8 Å². The van der Waals surface area contributed by atoms with Crippen molar-refractivity contribution in [2.24, 2.45) is 5.92 Å². The molecule has 5 rings (SSSR count). The van der Waals surface area contributed by atoms with Crippen molar-refractivity contribution in [3.05, 3.63) is 70.8 Å². The Morgan fingerprint density at radius 2 is 1.82 bits per heavy atom. The lowest BCUT2D eigenvalue weighted by Crippen LogP contribution is -2.45. The number of fused-ring (bicyclic) bond motifs is 1. The standard InChI is InChI=1S/C30H37F2N5O3/c1-18-27(34-29(39)33-26-21-14-23(31)24(32)15-22(21)30(2,3)16-25(26)38)37(20-8-6-5-7-9-20)35-28(18)40-17-19-10-12-36(4)13-11-19/h5-9,14-15,19,25-26,38H,10-13,16-17H2,1-4H3,(H2,33,34,39). The molecule has 214 valence electrons. The molecule has 2 aliphatic rings. The molecule has 1 fully saturated rings. The molecule has 2 unspecified atom stereocenters.